The molecule has 1 fully saturated rings. The fraction of sp³-hybridized carbons (Fsp3) is 0.611. The first kappa shape index (κ1) is 14.1. The minimum absolute atomic E-state index is 0.174. The summed E-state index contributed by atoms with van der Waals surface area (Å²) < 4.78 is 5.03. The van der Waals surface area contributed by atoms with E-state index in [1.165, 1.54) is 49.7 Å². The third-order valence-electron chi connectivity index (χ3n) is 5.64. The van der Waals surface area contributed by atoms with E-state index in [9.17, 15) is 4.79 Å². The lowest BCUT2D eigenvalue weighted by Crippen LogP contribution is -2.47. The quantitative estimate of drug-likeness (QED) is 0.799. The number of rotatable bonds is 1. The average molecular weight is 300 g/mol. The zero-order chi connectivity index (χ0) is 15.1. The molecule has 1 saturated heterocycles. The Morgan fingerprint density at radius 3 is 2.73 bits per heavy atom. The Hall–Kier alpha value is -1.55. The molecule has 22 heavy (non-hydrogen) atoms. The van der Waals surface area contributed by atoms with Gasteiger partial charge in [0.15, 0.2) is 0 Å². The van der Waals surface area contributed by atoms with Crippen LogP contribution in [0.25, 0.3) is 0 Å². The third-order valence-corrected chi connectivity index (χ3v) is 5.64. The molecule has 0 bridgehead atoms. The van der Waals surface area contributed by atoms with E-state index in [0.29, 0.717) is 6.04 Å². The summed E-state index contributed by atoms with van der Waals surface area (Å²) in [5.74, 6) is 0. The molecule has 2 atom stereocenters. The van der Waals surface area contributed by atoms with Gasteiger partial charge in [-0.15, -0.1) is 0 Å². The molecule has 3 aliphatic rings. The third kappa shape index (κ3) is 2.21. The van der Waals surface area contributed by atoms with E-state index >= 15 is 0 Å². The van der Waals surface area contributed by atoms with Gasteiger partial charge in [-0.25, -0.2) is 4.79 Å². The van der Waals surface area contributed by atoms with E-state index in [-0.39, 0.29) is 12.1 Å². The average Bonchev–Trinajstić information content (AvgIpc) is 3.09. The lowest BCUT2D eigenvalue weighted by atomic mass is 9.78. The number of benzene rings is 1. The first-order valence-corrected chi connectivity index (χ1v) is 8.47. The number of likely N-dealkylation sites (tertiary alicyclic amines) is 1. The minimum Gasteiger partial charge on any atom is -0.453 e. The van der Waals surface area contributed by atoms with Gasteiger partial charge in [0.2, 0.25) is 0 Å². The number of hydrogen-bond donors (Lipinski definition) is 0. The lowest BCUT2D eigenvalue weighted by Gasteiger charge is -2.44. The number of amides is 1. The molecule has 2 aliphatic heterocycles. The van der Waals surface area contributed by atoms with E-state index in [1.807, 2.05) is 4.90 Å². The summed E-state index contributed by atoms with van der Waals surface area (Å²) in [7, 11) is 1.49. The highest BCUT2D eigenvalue weighted by Crippen LogP contribution is 2.41. The molecule has 4 nitrogen and oxygen atoms in total. The number of methoxy groups -OCH3 is 1. The van der Waals surface area contributed by atoms with Gasteiger partial charge in [0.05, 0.1) is 13.2 Å². The molecule has 4 heteroatoms. The van der Waals surface area contributed by atoms with Crippen molar-refractivity contribution in [1.82, 2.24) is 9.80 Å². The molecule has 2 unspecified atom stereocenters. The number of hydrogen-bond acceptors (Lipinski definition) is 3. The van der Waals surface area contributed by atoms with Gasteiger partial charge in [-0.1, -0.05) is 18.2 Å². The van der Waals surface area contributed by atoms with E-state index in [0.717, 1.165) is 25.8 Å². The summed E-state index contributed by atoms with van der Waals surface area (Å²) in [4.78, 5) is 16.8. The molecule has 0 saturated carbocycles. The molecule has 0 aromatic heterocycles. The van der Waals surface area contributed by atoms with Crippen molar-refractivity contribution in [2.24, 2.45) is 0 Å². The van der Waals surface area contributed by atoms with Crippen molar-refractivity contribution in [3.05, 3.63) is 34.9 Å². The molecule has 1 amide bonds. The van der Waals surface area contributed by atoms with Crippen molar-refractivity contribution in [2.45, 2.75) is 44.2 Å². The maximum absolute atomic E-state index is 12.2. The Morgan fingerprint density at radius 2 is 1.95 bits per heavy atom. The van der Waals surface area contributed by atoms with E-state index in [4.69, 9.17) is 4.74 Å². The molecule has 2 heterocycles. The molecule has 1 aromatic rings. The van der Waals surface area contributed by atoms with Gasteiger partial charge >= 0.3 is 6.09 Å². The summed E-state index contributed by atoms with van der Waals surface area (Å²) in [6.45, 7) is 3.20. The highest BCUT2D eigenvalue weighted by Gasteiger charge is 2.39. The predicted molar refractivity (Wildman–Crippen MR) is 84.9 cm³/mol. The normalized spacial score (nSPS) is 27.6. The summed E-state index contributed by atoms with van der Waals surface area (Å²) in [5, 5.41) is 0. The minimum atomic E-state index is -0.174. The van der Waals surface area contributed by atoms with Crippen LogP contribution in [0.3, 0.4) is 0 Å². The second kappa shape index (κ2) is 5.58. The Morgan fingerprint density at radius 1 is 1.18 bits per heavy atom. The van der Waals surface area contributed by atoms with E-state index in [2.05, 4.69) is 23.1 Å². The number of carbonyl (C=O) groups excluding carboxylic acids is 1. The van der Waals surface area contributed by atoms with Crippen LogP contribution in [-0.2, 0) is 17.6 Å². The molecule has 0 spiro atoms. The number of ether oxygens (including phenoxy) is 1. The Bertz CT molecular complexity index is 580. The molecule has 0 radical (unpaired) electrons. The van der Waals surface area contributed by atoms with Crippen molar-refractivity contribution in [2.75, 3.05) is 26.7 Å². The van der Waals surface area contributed by atoms with Gasteiger partial charge in [0.1, 0.15) is 0 Å². The smallest absolute Gasteiger partial charge is 0.410 e. The van der Waals surface area contributed by atoms with E-state index < -0.39 is 0 Å². The van der Waals surface area contributed by atoms with Crippen LogP contribution in [0.15, 0.2) is 18.2 Å². The summed E-state index contributed by atoms with van der Waals surface area (Å²) in [5.41, 5.74) is 4.29. The maximum atomic E-state index is 12.2. The molecular formula is C18H24N2O2. The van der Waals surface area contributed by atoms with Crippen LogP contribution in [0.4, 0.5) is 4.79 Å². The fourth-order valence-electron chi connectivity index (χ4n) is 4.60. The van der Waals surface area contributed by atoms with Gasteiger partial charge in [-0.05, 0) is 61.9 Å². The Kier molecular flexibility index (Phi) is 3.57. The SMILES string of the molecule is COC(=O)N1CCc2cccc3c2C1CC(N1CCCC1)C3. The monoisotopic (exact) mass is 300 g/mol. The number of nitrogens with zero attached hydrogens (tertiary/aromatic N) is 2. The standard InChI is InChI=1S/C18H24N2O2/c1-22-18(21)20-10-7-13-5-4-6-14-11-15(12-16(20)17(13)14)19-8-2-3-9-19/h4-6,15-16H,2-3,7-12H2,1H3. The highest BCUT2D eigenvalue weighted by atomic mass is 16.5. The molecule has 4 rings (SSSR count). The Balaban J connectivity index is 1.70. The summed E-state index contributed by atoms with van der Waals surface area (Å²) in [6.07, 6.45) is 5.59. The molecule has 1 aliphatic carbocycles. The van der Waals surface area contributed by atoms with Crippen LogP contribution in [0.2, 0.25) is 0 Å². The summed E-state index contributed by atoms with van der Waals surface area (Å²) >= 11 is 0. The molecule has 0 N–H and O–H groups in total. The Labute approximate surface area is 132 Å². The zero-order valence-electron chi connectivity index (χ0n) is 13.3. The largest absolute Gasteiger partial charge is 0.453 e. The predicted octanol–water partition coefficient (Wildman–Crippen LogP) is 2.76. The first-order valence-electron chi connectivity index (χ1n) is 8.47. The van der Waals surface area contributed by atoms with Crippen molar-refractivity contribution in [1.29, 1.82) is 0 Å². The van der Waals surface area contributed by atoms with Gasteiger partial charge in [0.25, 0.3) is 0 Å². The van der Waals surface area contributed by atoms with Gasteiger partial charge in [0, 0.05) is 12.6 Å². The molecule has 118 valence electrons. The molecular weight excluding hydrogens is 276 g/mol. The van der Waals surface area contributed by atoms with Crippen molar-refractivity contribution in [3.63, 3.8) is 0 Å². The van der Waals surface area contributed by atoms with Crippen LogP contribution >= 0.6 is 0 Å². The zero-order valence-corrected chi connectivity index (χ0v) is 13.3. The van der Waals surface area contributed by atoms with Crippen molar-refractivity contribution in [3.8, 4) is 0 Å². The van der Waals surface area contributed by atoms with Crippen LogP contribution in [0.1, 0.15) is 42.0 Å². The van der Waals surface area contributed by atoms with Gasteiger partial charge in [-0.3, -0.25) is 4.90 Å². The first-order chi connectivity index (χ1) is 10.8. The van der Waals surface area contributed by atoms with Crippen molar-refractivity contribution >= 4 is 6.09 Å². The topological polar surface area (TPSA) is 32.8 Å². The van der Waals surface area contributed by atoms with Crippen LogP contribution in [-0.4, -0.2) is 48.7 Å². The van der Waals surface area contributed by atoms with Gasteiger partial charge < -0.3 is 9.64 Å². The highest BCUT2D eigenvalue weighted by molar-refractivity contribution is 5.69. The van der Waals surface area contributed by atoms with E-state index in [1.54, 1.807) is 0 Å². The fourth-order valence-corrected chi connectivity index (χ4v) is 4.60. The summed E-state index contributed by atoms with van der Waals surface area (Å²) in [6, 6.07) is 7.45. The van der Waals surface area contributed by atoms with Crippen LogP contribution in [0, 0.1) is 0 Å². The second-order valence-corrected chi connectivity index (χ2v) is 6.76. The lowest BCUT2D eigenvalue weighted by molar-refractivity contribution is 0.0813. The van der Waals surface area contributed by atoms with Crippen LogP contribution in [0.5, 0.6) is 0 Å². The maximum Gasteiger partial charge on any atom is 0.410 e. The van der Waals surface area contributed by atoms with Crippen LogP contribution < -0.4 is 0 Å². The number of carbonyl (C=O) groups is 1. The molecule has 1 aromatic carbocycles. The van der Waals surface area contributed by atoms with Gasteiger partial charge in [-0.2, -0.15) is 0 Å². The second-order valence-electron chi connectivity index (χ2n) is 6.76. The van der Waals surface area contributed by atoms with Crippen molar-refractivity contribution < 1.29 is 9.53 Å².